The number of fused-ring (bicyclic) bond motifs is 3. The van der Waals surface area contributed by atoms with Gasteiger partial charge in [-0.25, -0.2) is 9.97 Å². The van der Waals surface area contributed by atoms with Crippen molar-refractivity contribution in [2.24, 2.45) is 5.92 Å². The number of hydrogen-bond acceptors (Lipinski definition) is 5. The molecule has 2 aromatic rings. The van der Waals surface area contributed by atoms with E-state index >= 15 is 0 Å². The van der Waals surface area contributed by atoms with E-state index < -0.39 is 0 Å². The molecule has 1 aliphatic carbocycles. The van der Waals surface area contributed by atoms with Crippen molar-refractivity contribution in [1.29, 1.82) is 0 Å². The zero-order valence-corrected chi connectivity index (χ0v) is 14.9. The fraction of sp³-hybridized carbons (Fsp3) is 0.529. The fourth-order valence-electron chi connectivity index (χ4n) is 4.00. The van der Waals surface area contributed by atoms with E-state index in [1.165, 1.54) is 0 Å². The molecule has 3 atom stereocenters. The Bertz CT molecular complexity index is 878. The van der Waals surface area contributed by atoms with Gasteiger partial charge in [-0.15, -0.1) is 0 Å². The lowest BCUT2D eigenvalue weighted by Gasteiger charge is -2.24. The summed E-state index contributed by atoms with van der Waals surface area (Å²) in [6.45, 7) is 1.96. The van der Waals surface area contributed by atoms with Gasteiger partial charge in [-0.05, 0) is 26.2 Å². The minimum absolute atomic E-state index is 0.00394. The molecule has 0 aromatic carbocycles. The highest BCUT2D eigenvalue weighted by molar-refractivity contribution is 6.34. The SMILES string of the molecule is CNC(=O)C1CCC(n2cnc3c4c(c(Cl)nc32)C(=O)CC(C)N4)C1. The van der Waals surface area contributed by atoms with Crippen LogP contribution in [0.2, 0.25) is 5.15 Å². The Hall–Kier alpha value is -2.15. The second-order valence-corrected chi connectivity index (χ2v) is 7.29. The van der Waals surface area contributed by atoms with Crippen molar-refractivity contribution < 1.29 is 9.59 Å². The molecule has 1 fully saturated rings. The molecule has 2 aromatic heterocycles. The Kier molecular flexibility index (Phi) is 3.91. The lowest BCUT2D eigenvalue weighted by Crippen LogP contribution is -2.27. The quantitative estimate of drug-likeness (QED) is 0.802. The van der Waals surface area contributed by atoms with Gasteiger partial charge in [0.05, 0.1) is 17.6 Å². The number of pyridine rings is 1. The van der Waals surface area contributed by atoms with Crippen LogP contribution < -0.4 is 10.6 Å². The average Bonchev–Trinajstić information content (AvgIpc) is 3.20. The highest BCUT2D eigenvalue weighted by atomic mass is 35.5. The molecule has 4 rings (SSSR count). The topological polar surface area (TPSA) is 88.9 Å². The second kappa shape index (κ2) is 5.98. The molecular weight excluding hydrogens is 342 g/mol. The summed E-state index contributed by atoms with van der Waals surface area (Å²) in [6, 6.07) is 0.196. The summed E-state index contributed by atoms with van der Waals surface area (Å²) in [5, 5.41) is 6.27. The van der Waals surface area contributed by atoms with E-state index in [-0.39, 0.29) is 34.8 Å². The van der Waals surface area contributed by atoms with Gasteiger partial charge >= 0.3 is 0 Å². The molecule has 2 aliphatic rings. The predicted octanol–water partition coefficient (Wildman–Crippen LogP) is 2.56. The number of nitrogens with zero attached hydrogens (tertiary/aromatic N) is 3. The molecule has 1 saturated carbocycles. The lowest BCUT2D eigenvalue weighted by atomic mass is 9.99. The summed E-state index contributed by atoms with van der Waals surface area (Å²) in [5.41, 5.74) is 2.45. The number of amides is 1. The van der Waals surface area contributed by atoms with Crippen molar-refractivity contribution in [3.63, 3.8) is 0 Å². The lowest BCUT2D eigenvalue weighted by molar-refractivity contribution is -0.124. The van der Waals surface area contributed by atoms with Gasteiger partial charge in [0.25, 0.3) is 0 Å². The van der Waals surface area contributed by atoms with Gasteiger partial charge in [0.2, 0.25) is 5.91 Å². The maximum Gasteiger partial charge on any atom is 0.222 e. The number of halogens is 1. The molecule has 0 radical (unpaired) electrons. The van der Waals surface area contributed by atoms with Gasteiger partial charge in [0.15, 0.2) is 11.4 Å². The average molecular weight is 362 g/mol. The molecule has 0 spiro atoms. The van der Waals surface area contributed by atoms with Gasteiger partial charge < -0.3 is 15.2 Å². The van der Waals surface area contributed by atoms with Gasteiger partial charge in [-0.3, -0.25) is 9.59 Å². The van der Waals surface area contributed by atoms with E-state index in [1.807, 2.05) is 11.5 Å². The van der Waals surface area contributed by atoms with Crippen LogP contribution in [0.3, 0.4) is 0 Å². The summed E-state index contributed by atoms with van der Waals surface area (Å²) in [7, 11) is 1.67. The van der Waals surface area contributed by atoms with Crippen molar-refractivity contribution >= 4 is 40.1 Å². The molecule has 3 unspecified atom stereocenters. The molecule has 1 aliphatic heterocycles. The van der Waals surface area contributed by atoms with E-state index in [2.05, 4.69) is 20.6 Å². The van der Waals surface area contributed by atoms with Crippen LogP contribution in [0.4, 0.5) is 5.69 Å². The van der Waals surface area contributed by atoms with E-state index in [4.69, 9.17) is 11.6 Å². The zero-order valence-electron chi connectivity index (χ0n) is 14.2. The number of ketones is 1. The first-order chi connectivity index (χ1) is 12.0. The van der Waals surface area contributed by atoms with Gasteiger partial charge in [-0.2, -0.15) is 0 Å². The molecule has 2 N–H and O–H groups in total. The third-order valence-corrected chi connectivity index (χ3v) is 5.51. The van der Waals surface area contributed by atoms with Crippen molar-refractivity contribution in [2.45, 2.75) is 44.7 Å². The van der Waals surface area contributed by atoms with Crippen molar-refractivity contribution in [3.8, 4) is 0 Å². The van der Waals surface area contributed by atoms with Crippen LogP contribution in [0, 0.1) is 5.92 Å². The number of aromatic nitrogens is 3. The van der Waals surface area contributed by atoms with Crippen LogP contribution in [0.5, 0.6) is 0 Å². The van der Waals surface area contributed by atoms with Crippen LogP contribution in [-0.2, 0) is 4.79 Å². The third kappa shape index (κ3) is 2.57. The first-order valence-electron chi connectivity index (χ1n) is 8.57. The Labute approximate surface area is 150 Å². The van der Waals surface area contributed by atoms with E-state index in [1.54, 1.807) is 13.4 Å². The second-order valence-electron chi connectivity index (χ2n) is 6.93. The summed E-state index contributed by atoms with van der Waals surface area (Å²) < 4.78 is 2.00. The number of carbonyl (C=O) groups excluding carboxylic acids is 2. The Balaban J connectivity index is 1.76. The van der Waals surface area contributed by atoms with Gasteiger partial charge in [0.1, 0.15) is 10.7 Å². The van der Waals surface area contributed by atoms with Crippen LogP contribution in [-0.4, -0.2) is 39.3 Å². The molecule has 7 nitrogen and oxygen atoms in total. The van der Waals surface area contributed by atoms with Crippen molar-refractivity contribution in [1.82, 2.24) is 19.9 Å². The maximum absolute atomic E-state index is 12.3. The first kappa shape index (κ1) is 16.3. The van der Waals surface area contributed by atoms with Crippen LogP contribution >= 0.6 is 11.6 Å². The number of carbonyl (C=O) groups is 2. The summed E-state index contributed by atoms with van der Waals surface area (Å²) in [5.74, 6) is 0.0902. The smallest absolute Gasteiger partial charge is 0.222 e. The Morgan fingerprint density at radius 1 is 1.44 bits per heavy atom. The summed E-state index contributed by atoms with van der Waals surface area (Å²) >= 11 is 6.32. The molecular formula is C17H20ClN5O2. The van der Waals surface area contributed by atoms with Crippen molar-refractivity contribution in [2.75, 3.05) is 12.4 Å². The van der Waals surface area contributed by atoms with Crippen LogP contribution in [0.15, 0.2) is 6.33 Å². The number of nitrogens with one attached hydrogen (secondary N) is 2. The van der Waals surface area contributed by atoms with Crippen LogP contribution in [0.1, 0.15) is 49.0 Å². The van der Waals surface area contributed by atoms with Crippen molar-refractivity contribution in [3.05, 3.63) is 17.0 Å². The standard InChI is InChI=1S/C17H20ClN5O2/c1-8-5-11(24)12-13(21-8)14-16(22-15(12)18)23(7-20-14)10-4-3-9(6-10)17(25)19-2/h7-10,21H,3-6H2,1-2H3,(H,19,25). The molecule has 0 bridgehead atoms. The number of Topliss-reactive ketones (excluding diaryl/α,β-unsaturated/α-hetero) is 1. The molecule has 3 heterocycles. The molecule has 1 amide bonds. The highest BCUT2D eigenvalue weighted by Crippen LogP contribution is 2.40. The maximum atomic E-state index is 12.3. The van der Waals surface area contributed by atoms with E-state index in [0.717, 1.165) is 19.3 Å². The largest absolute Gasteiger partial charge is 0.380 e. The van der Waals surface area contributed by atoms with Crippen LogP contribution in [0.25, 0.3) is 11.2 Å². The minimum Gasteiger partial charge on any atom is -0.380 e. The molecule has 0 saturated heterocycles. The Morgan fingerprint density at radius 2 is 2.24 bits per heavy atom. The van der Waals surface area contributed by atoms with E-state index in [9.17, 15) is 9.59 Å². The minimum atomic E-state index is -0.00394. The molecule has 132 valence electrons. The normalized spacial score (nSPS) is 25.7. The number of hydrogen-bond donors (Lipinski definition) is 2. The fourth-order valence-corrected chi connectivity index (χ4v) is 4.28. The third-order valence-electron chi connectivity index (χ3n) is 5.24. The van der Waals surface area contributed by atoms with Gasteiger partial charge in [-0.1, -0.05) is 11.6 Å². The number of anilines is 1. The number of rotatable bonds is 2. The molecule has 8 heteroatoms. The predicted molar refractivity (Wildman–Crippen MR) is 95.0 cm³/mol. The van der Waals surface area contributed by atoms with Gasteiger partial charge in [0, 0.05) is 31.5 Å². The number of imidazole rings is 1. The highest BCUT2D eigenvalue weighted by Gasteiger charge is 2.33. The van der Waals surface area contributed by atoms with E-state index in [0.29, 0.717) is 28.8 Å². The monoisotopic (exact) mass is 361 g/mol. The Morgan fingerprint density at radius 3 is 3.00 bits per heavy atom. The summed E-state index contributed by atoms with van der Waals surface area (Å²) in [6.07, 6.45) is 4.64. The summed E-state index contributed by atoms with van der Waals surface area (Å²) in [4.78, 5) is 33.2. The zero-order chi connectivity index (χ0) is 17.7. The molecule has 25 heavy (non-hydrogen) atoms. The first-order valence-corrected chi connectivity index (χ1v) is 8.94.